The van der Waals surface area contributed by atoms with Gasteiger partial charge in [-0.3, -0.25) is 0 Å². The molecule has 0 spiro atoms. The quantitative estimate of drug-likeness (QED) is 0.506. The second kappa shape index (κ2) is 5.51. The molecule has 0 fully saturated rings. The predicted molar refractivity (Wildman–Crippen MR) is 79.5 cm³/mol. The van der Waals surface area contributed by atoms with Crippen molar-refractivity contribution in [2.24, 2.45) is 0 Å². The molecule has 0 aliphatic heterocycles. The summed E-state index contributed by atoms with van der Waals surface area (Å²) in [7, 11) is 1.31. The SMILES string of the molecule is COC(=O)C#Cc1c(-c2ccccc2)nn2ccccc12. The van der Waals surface area contributed by atoms with Gasteiger partial charge in [-0.15, -0.1) is 0 Å². The van der Waals surface area contributed by atoms with Gasteiger partial charge in [-0.25, -0.2) is 9.31 Å². The number of benzene rings is 1. The standard InChI is InChI=1S/C17H12N2O2/c1-21-16(20)11-10-14-15-9-5-6-12-19(15)18-17(14)13-7-3-2-4-8-13/h2-9,12H,1H3. The van der Waals surface area contributed by atoms with Crippen molar-refractivity contribution in [3.63, 3.8) is 0 Å². The number of fused-ring (bicyclic) bond motifs is 1. The third kappa shape index (κ3) is 2.49. The molecule has 0 N–H and O–H groups in total. The van der Waals surface area contributed by atoms with Crippen LogP contribution in [0.2, 0.25) is 0 Å². The maximum absolute atomic E-state index is 11.3. The van der Waals surface area contributed by atoms with Crippen molar-refractivity contribution in [2.75, 3.05) is 7.11 Å². The van der Waals surface area contributed by atoms with E-state index in [1.54, 1.807) is 4.52 Å². The molecule has 2 aromatic heterocycles. The Hall–Kier alpha value is -3.06. The topological polar surface area (TPSA) is 43.6 Å². The Morgan fingerprint density at radius 3 is 2.67 bits per heavy atom. The van der Waals surface area contributed by atoms with E-state index in [0.29, 0.717) is 5.56 Å². The Bertz CT molecular complexity index is 855. The van der Waals surface area contributed by atoms with Crippen molar-refractivity contribution >= 4 is 11.5 Å². The van der Waals surface area contributed by atoms with E-state index >= 15 is 0 Å². The van der Waals surface area contributed by atoms with Crippen LogP contribution in [0.1, 0.15) is 5.56 Å². The molecule has 4 nitrogen and oxygen atoms in total. The number of pyridine rings is 1. The van der Waals surface area contributed by atoms with Crippen LogP contribution in [-0.2, 0) is 9.53 Å². The molecular formula is C17H12N2O2. The molecule has 0 unspecified atom stereocenters. The number of rotatable bonds is 1. The molecule has 3 aromatic rings. The molecule has 4 heteroatoms. The molecule has 21 heavy (non-hydrogen) atoms. The lowest BCUT2D eigenvalue weighted by atomic mass is 10.1. The van der Waals surface area contributed by atoms with Gasteiger partial charge in [-0.05, 0) is 12.1 Å². The number of hydrogen-bond donors (Lipinski definition) is 0. The molecule has 0 aliphatic carbocycles. The largest absolute Gasteiger partial charge is 0.459 e. The first kappa shape index (κ1) is 12.9. The maximum Gasteiger partial charge on any atom is 0.384 e. The molecule has 102 valence electrons. The summed E-state index contributed by atoms with van der Waals surface area (Å²) in [6.07, 6.45) is 1.85. The van der Waals surface area contributed by atoms with Gasteiger partial charge in [0.25, 0.3) is 0 Å². The van der Waals surface area contributed by atoms with Crippen molar-refractivity contribution in [2.45, 2.75) is 0 Å². The van der Waals surface area contributed by atoms with Crippen LogP contribution >= 0.6 is 0 Å². The number of carbonyl (C=O) groups is 1. The first-order chi connectivity index (χ1) is 10.3. The van der Waals surface area contributed by atoms with Crippen molar-refractivity contribution in [1.82, 2.24) is 9.61 Å². The molecule has 1 aromatic carbocycles. The Labute approximate surface area is 122 Å². The van der Waals surface area contributed by atoms with Crippen LogP contribution in [0.15, 0.2) is 54.7 Å². The van der Waals surface area contributed by atoms with Crippen molar-refractivity contribution in [1.29, 1.82) is 0 Å². The molecule has 0 amide bonds. The van der Waals surface area contributed by atoms with Gasteiger partial charge in [0.05, 0.1) is 18.2 Å². The van der Waals surface area contributed by atoms with E-state index < -0.39 is 5.97 Å². The highest BCUT2D eigenvalue weighted by atomic mass is 16.5. The zero-order valence-electron chi connectivity index (χ0n) is 11.4. The first-order valence-electron chi connectivity index (χ1n) is 6.42. The minimum absolute atomic E-state index is 0.565. The van der Waals surface area contributed by atoms with Gasteiger partial charge >= 0.3 is 5.97 Å². The maximum atomic E-state index is 11.3. The van der Waals surface area contributed by atoms with E-state index in [1.807, 2.05) is 54.7 Å². The molecule has 0 radical (unpaired) electrons. The van der Waals surface area contributed by atoms with Crippen LogP contribution in [-0.4, -0.2) is 22.7 Å². The van der Waals surface area contributed by atoms with E-state index in [4.69, 9.17) is 0 Å². The van der Waals surface area contributed by atoms with Crippen molar-refractivity contribution < 1.29 is 9.53 Å². The lowest BCUT2D eigenvalue weighted by Gasteiger charge is -1.96. The Morgan fingerprint density at radius 1 is 1.14 bits per heavy atom. The summed E-state index contributed by atoms with van der Waals surface area (Å²) >= 11 is 0. The van der Waals surface area contributed by atoms with E-state index in [1.165, 1.54) is 7.11 Å². The summed E-state index contributed by atoms with van der Waals surface area (Å²) in [5.41, 5.74) is 3.27. The number of nitrogens with zero attached hydrogens (tertiary/aromatic N) is 2. The van der Waals surface area contributed by atoms with Crippen LogP contribution in [0.5, 0.6) is 0 Å². The molecule has 0 atom stereocenters. The number of hydrogen-bond acceptors (Lipinski definition) is 3. The molecule has 0 saturated carbocycles. The van der Waals surface area contributed by atoms with Gasteiger partial charge in [0, 0.05) is 17.7 Å². The molecule has 3 rings (SSSR count). The second-order valence-corrected chi connectivity index (χ2v) is 4.36. The third-order valence-electron chi connectivity index (χ3n) is 3.06. The van der Waals surface area contributed by atoms with E-state index in [-0.39, 0.29) is 0 Å². The van der Waals surface area contributed by atoms with Gasteiger partial charge in [0.1, 0.15) is 5.69 Å². The first-order valence-corrected chi connectivity index (χ1v) is 6.42. The summed E-state index contributed by atoms with van der Waals surface area (Å²) in [4.78, 5) is 11.3. The summed E-state index contributed by atoms with van der Waals surface area (Å²) in [5, 5.41) is 4.55. The molecule has 0 bridgehead atoms. The van der Waals surface area contributed by atoms with Crippen LogP contribution < -0.4 is 0 Å². The van der Waals surface area contributed by atoms with Crippen molar-refractivity contribution in [3.8, 4) is 23.1 Å². The third-order valence-corrected chi connectivity index (χ3v) is 3.06. The van der Waals surface area contributed by atoms with Crippen molar-refractivity contribution in [3.05, 3.63) is 60.3 Å². The molecule has 2 heterocycles. The van der Waals surface area contributed by atoms with Gasteiger partial charge < -0.3 is 4.74 Å². The zero-order valence-corrected chi connectivity index (χ0v) is 11.4. The molecule has 0 aliphatic rings. The number of carbonyl (C=O) groups excluding carboxylic acids is 1. The Balaban J connectivity index is 2.23. The summed E-state index contributed by atoms with van der Waals surface area (Å²) in [6.45, 7) is 0. The fourth-order valence-electron chi connectivity index (χ4n) is 2.08. The summed E-state index contributed by atoms with van der Waals surface area (Å²) in [5.74, 6) is 4.78. The van der Waals surface area contributed by atoms with Gasteiger partial charge in [0.2, 0.25) is 0 Å². The Morgan fingerprint density at radius 2 is 1.90 bits per heavy atom. The highest BCUT2D eigenvalue weighted by Gasteiger charge is 2.12. The molecule has 0 saturated heterocycles. The van der Waals surface area contributed by atoms with Crippen LogP contribution in [0.4, 0.5) is 0 Å². The van der Waals surface area contributed by atoms with E-state index in [9.17, 15) is 4.79 Å². The van der Waals surface area contributed by atoms with Gasteiger partial charge in [0.15, 0.2) is 0 Å². The summed E-state index contributed by atoms with van der Waals surface area (Å²) < 4.78 is 6.32. The lowest BCUT2D eigenvalue weighted by Crippen LogP contribution is -1.94. The fourth-order valence-corrected chi connectivity index (χ4v) is 2.08. The van der Waals surface area contributed by atoms with Gasteiger partial charge in [-0.2, -0.15) is 5.10 Å². The fraction of sp³-hybridized carbons (Fsp3) is 0.0588. The monoisotopic (exact) mass is 276 g/mol. The highest BCUT2D eigenvalue weighted by Crippen LogP contribution is 2.25. The predicted octanol–water partition coefficient (Wildman–Crippen LogP) is 2.53. The van der Waals surface area contributed by atoms with Crippen LogP contribution in [0, 0.1) is 11.8 Å². The smallest absolute Gasteiger partial charge is 0.384 e. The second-order valence-electron chi connectivity index (χ2n) is 4.36. The van der Waals surface area contributed by atoms with E-state index in [0.717, 1.165) is 16.8 Å². The highest BCUT2D eigenvalue weighted by molar-refractivity contribution is 5.91. The minimum Gasteiger partial charge on any atom is -0.459 e. The van der Waals surface area contributed by atoms with Gasteiger partial charge in [-0.1, -0.05) is 42.3 Å². The number of methoxy groups -OCH3 is 1. The normalized spacial score (nSPS) is 9.95. The number of aromatic nitrogens is 2. The number of ether oxygens (including phenoxy) is 1. The summed E-state index contributed by atoms with van der Waals surface area (Å²) in [6, 6.07) is 15.5. The minimum atomic E-state index is -0.565. The lowest BCUT2D eigenvalue weighted by molar-refractivity contribution is -0.133. The van der Waals surface area contributed by atoms with Crippen LogP contribution in [0.25, 0.3) is 16.8 Å². The molecular weight excluding hydrogens is 264 g/mol. The average Bonchev–Trinajstić information content (AvgIpc) is 2.92. The average molecular weight is 276 g/mol. The van der Waals surface area contributed by atoms with E-state index in [2.05, 4.69) is 21.7 Å². The number of esters is 1. The van der Waals surface area contributed by atoms with Crippen LogP contribution in [0.3, 0.4) is 0 Å². The zero-order chi connectivity index (χ0) is 14.7. The Kier molecular flexibility index (Phi) is 3.40.